The molecule has 4 N–H and O–H groups in total. The molecule has 1 atom stereocenters. The molecule has 0 bridgehead atoms. The van der Waals surface area contributed by atoms with Crippen LogP contribution in [0.4, 0.5) is 0 Å². The SMILES string of the molecule is NC(=O)C1COCCN1C1(CC(=O)O)CNC1. The van der Waals surface area contributed by atoms with E-state index in [1.807, 2.05) is 4.90 Å². The molecule has 2 aliphatic heterocycles. The number of carboxylic acids is 1. The predicted molar refractivity (Wildman–Crippen MR) is 58.4 cm³/mol. The maximum Gasteiger partial charge on any atom is 0.305 e. The zero-order valence-electron chi connectivity index (χ0n) is 9.52. The van der Waals surface area contributed by atoms with Crippen molar-refractivity contribution in [3.05, 3.63) is 0 Å². The van der Waals surface area contributed by atoms with E-state index >= 15 is 0 Å². The van der Waals surface area contributed by atoms with Crippen molar-refractivity contribution in [3.63, 3.8) is 0 Å². The van der Waals surface area contributed by atoms with E-state index in [9.17, 15) is 9.59 Å². The fraction of sp³-hybridized carbons (Fsp3) is 0.800. The highest BCUT2D eigenvalue weighted by Crippen LogP contribution is 2.28. The first-order valence-corrected chi connectivity index (χ1v) is 5.61. The van der Waals surface area contributed by atoms with Crippen LogP contribution in [0.15, 0.2) is 0 Å². The third-order valence-corrected chi connectivity index (χ3v) is 3.45. The van der Waals surface area contributed by atoms with Gasteiger partial charge in [-0.3, -0.25) is 14.5 Å². The van der Waals surface area contributed by atoms with E-state index < -0.39 is 23.5 Å². The van der Waals surface area contributed by atoms with Crippen LogP contribution < -0.4 is 11.1 Å². The number of carboxylic acid groups (broad SMARTS) is 1. The summed E-state index contributed by atoms with van der Waals surface area (Å²) < 4.78 is 5.23. The smallest absolute Gasteiger partial charge is 0.305 e. The highest BCUT2D eigenvalue weighted by atomic mass is 16.5. The minimum absolute atomic E-state index is 0.0176. The monoisotopic (exact) mass is 243 g/mol. The van der Waals surface area contributed by atoms with Crippen molar-refractivity contribution in [2.24, 2.45) is 5.73 Å². The van der Waals surface area contributed by atoms with Gasteiger partial charge in [0.15, 0.2) is 0 Å². The Balaban J connectivity index is 2.16. The van der Waals surface area contributed by atoms with Gasteiger partial charge in [-0.1, -0.05) is 0 Å². The summed E-state index contributed by atoms with van der Waals surface area (Å²) in [4.78, 5) is 24.2. The van der Waals surface area contributed by atoms with Crippen LogP contribution in [0.25, 0.3) is 0 Å². The van der Waals surface area contributed by atoms with Gasteiger partial charge in [0.05, 0.1) is 25.2 Å². The molecular formula is C10H17N3O4. The molecule has 0 saturated carbocycles. The number of hydrogen-bond donors (Lipinski definition) is 3. The van der Waals surface area contributed by atoms with E-state index in [4.69, 9.17) is 15.6 Å². The van der Waals surface area contributed by atoms with Crippen molar-refractivity contribution in [2.45, 2.75) is 18.0 Å². The number of primary amides is 1. The molecule has 2 heterocycles. The van der Waals surface area contributed by atoms with Crippen LogP contribution in [0.5, 0.6) is 0 Å². The largest absolute Gasteiger partial charge is 0.481 e. The Morgan fingerprint density at radius 2 is 2.24 bits per heavy atom. The lowest BCUT2D eigenvalue weighted by Crippen LogP contribution is -2.74. The van der Waals surface area contributed by atoms with E-state index in [0.717, 1.165) is 0 Å². The van der Waals surface area contributed by atoms with E-state index in [-0.39, 0.29) is 13.0 Å². The molecule has 0 aromatic carbocycles. The molecule has 2 rings (SSSR count). The highest BCUT2D eigenvalue weighted by Gasteiger charge is 2.49. The minimum atomic E-state index is -0.860. The summed E-state index contributed by atoms with van der Waals surface area (Å²) in [6, 6.07) is -0.523. The Morgan fingerprint density at radius 3 is 2.71 bits per heavy atom. The van der Waals surface area contributed by atoms with Gasteiger partial charge in [0, 0.05) is 19.6 Å². The average Bonchev–Trinajstić information content (AvgIpc) is 2.23. The molecule has 0 radical (unpaired) electrons. The number of carbonyl (C=O) groups is 2. The maximum absolute atomic E-state index is 11.4. The average molecular weight is 243 g/mol. The number of morpholine rings is 1. The first-order chi connectivity index (χ1) is 8.05. The summed E-state index contributed by atoms with van der Waals surface area (Å²) >= 11 is 0. The van der Waals surface area contributed by atoms with Crippen LogP contribution >= 0.6 is 0 Å². The summed E-state index contributed by atoms with van der Waals surface area (Å²) in [7, 11) is 0. The number of nitrogens with two attached hydrogens (primary N) is 1. The third kappa shape index (κ3) is 2.26. The minimum Gasteiger partial charge on any atom is -0.481 e. The van der Waals surface area contributed by atoms with Crippen LogP contribution in [-0.2, 0) is 14.3 Å². The summed E-state index contributed by atoms with van der Waals surface area (Å²) in [5.41, 5.74) is 4.84. The van der Waals surface area contributed by atoms with Gasteiger partial charge >= 0.3 is 5.97 Å². The van der Waals surface area contributed by atoms with Crippen molar-refractivity contribution < 1.29 is 19.4 Å². The first-order valence-electron chi connectivity index (χ1n) is 5.61. The number of aliphatic carboxylic acids is 1. The summed E-state index contributed by atoms with van der Waals surface area (Å²) in [5, 5.41) is 12.0. The lowest BCUT2D eigenvalue weighted by Gasteiger charge is -2.53. The summed E-state index contributed by atoms with van der Waals surface area (Å²) in [5.74, 6) is -1.32. The number of rotatable bonds is 4. The van der Waals surface area contributed by atoms with Crippen LogP contribution in [0, 0.1) is 0 Å². The van der Waals surface area contributed by atoms with Gasteiger partial charge in [-0.25, -0.2) is 0 Å². The van der Waals surface area contributed by atoms with E-state index in [0.29, 0.717) is 26.2 Å². The molecule has 7 heteroatoms. The molecule has 1 amide bonds. The van der Waals surface area contributed by atoms with Gasteiger partial charge in [-0.15, -0.1) is 0 Å². The van der Waals surface area contributed by atoms with Crippen LogP contribution in [0.3, 0.4) is 0 Å². The van der Waals surface area contributed by atoms with Crippen LogP contribution in [0.2, 0.25) is 0 Å². The van der Waals surface area contributed by atoms with Crippen molar-refractivity contribution in [2.75, 3.05) is 32.8 Å². The fourth-order valence-corrected chi connectivity index (χ4v) is 2.53. The second-order valence-electron chi connectivity index (χ2n) is 4.58. The molecule has 0 spiro atoms. The standard InChI is InChI=1S/C10H17N3O4/c11-9(16)7-4-17-2-1-13(7)10(3-8(14)15)5-12-6-10/h7,12H,1-6H2,(H2,11,16)(H,14,15). The molecule has 2 saturated heterocycles. The van der Waals surface area contributed by atoms with Gasteiger partial charge in [-0.2, -0.15) is 0 Å². The number of nitrogens with one attached hydrogen (secondary N) is 1. The second-order valence-corrected chi connectivity index (χ2v) is 4.58. The van der Waals surface area contributed by atoms with Crippen LogP contribution in [0.1, 0.15) is 6.42 Å². The van der Waals surface area contributed by atoms with E-state index in [1.165, 1.54) is 0 Å². The molecule has 0 aliphatic carbocycles. The third-order valence-electron chi connectivity index (χ3n) is 3.45. The molecule has 96 valence electrons. The molecule has 2 aliphatic rings. The lowest BCUT2D eigenvalue weighted by molar-refractivity contribution is -0.151. The molecule has 0 aromatic heterocycles. The quantitative estimate of drug-likeness (QED) is 0.527. The van der Waals surface area contributed by atoms with E-state index in [2.05, 4.69) is 5.32 Å². The highest BCUT2D eigenvalue weighted by molar-refractivity contribution is 5.80. The van der Waals surface area contributed by atoms with Crippen molar-refractivity contribution in [1.29, 1.82) is 0 Å². The normalized spacial score (nSPS) is 28.4. The van der Waals surface area contributed by atoms with Gasteiger partial charge < -0.3 is 20.9 Å². The fourth-order valence-electron chi connectivity index (χ4n) is 2.53. The summed E-state index contributed by atoms with van der Waals surface area (Å²) in [6.07, 6.45) is 0.0176. The van der Waals surface area contributed by atoms with Crippen molar-refractivity contribution in [1.82, 2.24) is 10.2 Å². The molecular weight excluding hydrogens is 226 g/mol. The zero-order chi connectivity index (χ0) is 12.5. The lowest BCUT2D eigenvalue weighted by atomic mass is 9.84. The molecule has 7 nitrogen and oxygen atoms in total. The number of ether oxygens (including phenoxy) is 1. The second kappa shape index (κ2) is 4.59. The molecule has 17 heavy (non-hydrogen) atoms. The Morgan fingerprint density at radius 1 is 1.53 bits per heavy atom. The predicted octanol–water partition coefficient (Wildman–Crippen LogP) is -2.01. The van der Waals surface area contributed by atoms with E-state index in [1.54, 1.807) is 0 Å². The van der Waals surface area contributed by atoms with Gasteiger partial charge in [-0.05, 0) is 0 Å². The van der Waals surface area contributed by atoms with Crippen molar-refractivity contribution >= 4 is 11.9 Å². The van der Waals surface area contributed by atoms with Gasteiger partial charge in [0.25, 0.3) is 0 Å². The van der Waals surface area contributed by atoms with Gasteiger partial charge in [0.1, 0.15) is 6.04 Å². The molecule has 0 aromatic rings. The van der Waals surface area contributed by atoms with Crippen LogP contribution in [-0.4, -0.2) is 66.3 Å². The number of hydrogen-bond acceptors (Lipinski definition) is 5. The first kappa shape index (κ1) is 12.3. The molecule has 1 unspecified atom stereocenters. The Labute approximate surface area is 98.9 Å². The van der Waals surface area contributed by atoms with Crippen molar-refractivity contribution in [3.8, 4) is 0 Å². The topological polar surface area (TPSA) is 105 Å². The number of carbonyl (C=O) groups excluding carboxylic acids is 1. The Kier molecular flexibility index (Phi) is 3.32. The summed E-state index contributed by atoms with van der Waals surface area (Å²) in [6.45, 7) is 2.44. The Hall–Kier alpha value is -1.18. The molecule has 2 fully saturated rings. The number of amides is 1. The zero-order valence-corrected chi connectivity index (χ0v) is 9.52. The van der Waals surface area contributed by atoms with Gasteiger partial charge in [0.2, 0.25) is 5.91 Å². The maximum atomic E-state index is 11.4. The number of nitrogens with zero attached hydrogens (tertiary/aromatic N) is 1. The Bertz CT molecular complexity index is 330.